The average molecular weight is 579 g/mol. The molecule has 1 saturated heterocycles. The third-order valence-corrected chi connectivity index (χ3v) is 7.14. The van der Waals surface area contributed by atoms with Gasteiger partial charge in [-0.3, -0.25) is 24.4 Å². The van der Waals surface area contributed by atoms with Crippen LogP contribution in [0, 0.1) is 24.2 Å². The fourth-order valence-corrected chi connectivity index (χ4v) is 4.84. The number of anilines is 3. The number of likely N-dealkylation sites (N-methyl/N-ethyl adjacent to an activating group) is 1. The quantitative estimate of drug-likeness (QED) is 0.216. The van der Waals surface area contributed by atoms with E-state index in [4.69, 9.17) is 9.47 Å². The van der Waals surface area contributed by atoms with E-state index in [9.17, 15) is 19.6 Å². The molecule has 0 saturated carbocycles. The molecule has 2 aromatic carbocycles. The summed E-state index contributed by atoms with van der Waals surface area (Å²) in [5.41, 5.74) is 4.00. The first-order chi connectivity index (χ1) is 20.8. The van der Waals surface area contributed by atoms with Gasteiger partial charge in [0.05, 0.1) is 34.8 Å². The standard InChI is InChI=1S/C32H30N6O5/c1-4-42-28-15-25-24(14-26(28)37-31(40)23-10-12-38(3)32(41)30(23)39)29(20(16-33)17-35-25)36-21-8-9-27(19(2)13-21)43-18-22-7-5-6-11-34-22/h5-9,11,13-15,17,23H,4,10,12,18H2,1-3H3,(H,35,36)(H,37,40). The molecule has 11 nitrogen and oxygen atoms in total. The lowest BCUT2D eigenvalue weighted by molar-refractivity contribution is -0.151. The number of benzene rings is 2. The van der Waals surface area contributed by atoms with Crippen molar-refractivity contribution in [1.29, 1.82) is 5.26 Å². The second-order valence-electron chi connectivity index (χ2n) is 10.1. The Morgan fingerprint density at radius 1 is 1.12 bits per heavy atom. The van der Waals surface area contributed by atoms with Gasteiger partial charge in [-0.15, -0.1) is 0 Å². The van der Waals surface area contributed by atoms with E-state index in [1.54, 1.807) is 25.3 Å². The molecule has 2 amide bonds. The molecule has 0 bridgehead atoms. The van der Waals surface area contributed by atoms with Gasteiger partial charge in [0.15, 0.2) is 0 Å². The van der Waals surface area contributed by atoms with Crippen LogP contribution < -0.4 is 20.1 Å². The summed E-state index contributed by atoms with van der Waals surface area (Å²) in [5, 5.41) is 16.6. The number of ether oxygens (including phenoxy) is 2. The number of aryl methyl sites for hydroxylation is 1. The molecule has 0 radical (unpaired) electrons. The Balaban J connectivity index is 1.45. The molecule has 1 fully saturated rings. The molecule has 1 atom stereocenters. The van der Waals surface area contributed by atoms with Crippen molar-refractivity contribution in [2.75, 3.05) is 30.8 Å². The Hall–Kier alpha value is -5.50. The molecule has 43 heavy (non-hydrogen) atoms. The maximum atomic E-state index is 13.2. The minimum Gasteiger partial charge on any atom is -0.492 e. The first-order valence-corrected chi connectivity index (χ1v) is 13.8. The van der Waals surface area contributed by atoms with Crippen molar-refractivity contribution in [3.8, 4) is 17.6 Å². The predicted octanol–water partition coefficient (Wildman–Crippen LogP) is 4.52. The SMILES string of the molecule is CCOc1cc2ncc(C#N)c(Nc3ccc(OCc4ccccn4)c(C)c3)c2cc1NC(=O)C1CCN(C)C(=O)C1=O. The zero-order valence-electron chi connectivity index (χ0n) is 24.0. The van der Waals surface area contributed by atoms with Crippen LogP contribution in [-0.2, 0) is 21.0 Å². The maximum absolute atomic E-state index is 13.2. The molecule has 1 unspecified atom stereocenters. The molecule has 1 aliphatic heterocycles. The van der Waals surface area contributed by atoms with Crippen LogP contribution in [0.4, 0.5) is 17.1 Å². The van der Waals surface area contributed by atoms with Crippen LogP contribution in [0.25, 0.3) is 10.9 Å². The number of aromatic nitrogens is 2. The number of amides is 2. The molecular weight excluding hydrogens is 548 g/mol. The Bertz CT molecular complexity index is 1750. The fraction of sp³-hybridized carbons (Fsp3) is 0.250. The van der Waals surface area contributed by atoms with Crippen molar-refractivity contribution in [2.24, 2.45) is 5.92 Å². The smallest absolute Gasteiger partial charge is 0.290 e. The Morgan fingerprint density at radius 2 is 1.95 bits per heavy atom. The summed E-state index contributed by atoms with van der Waals surface area (Å²) in [7, 11) is 1.53. The molecule has 0 aliphatic carbocycles. The van der Waals surface area contributed by atoms with E-state index in [1.165, 1.54) is 18.1 Å². The van der Waals surface area contributed by atoms with Crippen LogP contribution in [0.2, 0.25) is 0 Å². The van der Waals surface area contributed by atoms with Gasteiger partial charge in [-0.25, -0.2) is 0 Å². The van der Waals surface area contributed by atoms with E-state index in [0.717, 1.165) is 11.3 Å². The number of ketones is 1. The van der Waals surface area contributed by atoms with Gasteiger partial charge in [0, 0.05) is 43.1 Å². The molecule has 5 rings (SSSR count). The van der Waals surface area contributed by atoms with Crippen molar-refractivity contribution >= 4 is 45.6 Å². The van der Waals surface area contributed by atoms with Gasteiger partial charge < -0.3 is 25.0 Å². The fourth-order valence-electron chi connectivity index (χ4n) is 4.84. The first kappa shape index (κ1) is 29.0. The highest BCUT2D eigenvalue weighted by atomic mass is 16.5. The van der Waals surface area contributed by atoms with Crippen LogP contribution in [0.5, 0.6) is 11.5 Å². The normalized spacial score (nSPS) is 14.7. The van der Waals surface area contributed by atoms with E-state index in [1.807, 2.05) is 43.3 Å². The Labute approximate surface area is 248 Å². The third kappa shape index (κ3) is 6.23. The molecule has 4 aromatic rings. The van der Waals surface area contributed by atoms with Crippen molar-refractivity contribution in [1.82, 2.24) is 14.9 Å². The van der Waals surface area contributed by atoms with Crippen LogP contribution in [0.3, 0.4) is 0 Å². The average Bonchev–Trinajstić information content (AvgIpc) is 3.00. The number of nitrogens with zero attached hydrogens (tertiary/aromatic N) is 4. The number of nitriles is 1. The number of pyridine rings is 2. The lowest BCUT2D eigenvalue weighted by Gasteiger charge is -2.26. The highest BCUT2D eigenvalue weighted by molar-refractivity contribution is 6.41. The first-order valence-electron chi connectivity index (χ1n) is 13.8. The van der Waals surface area contributed by atoms with E-state index >= 15 is 0 Å². The lowest BCUT2D eigenvalue weighted by Crippen LogP contribution is -2.47. The van der Waals surface area contributed by atoms with Crippen LogP contribution >= 0.6 is 0 Å². The monoisotopic (exact) mass is 578 g/mol. The van der Waals surface area contributed by atoms with Gasteiger partial charge in [0.1, 0.15) is 30.1 Å². The number of likely N-dealkylation sites (tertiary alicyclic amines) is 1. The number of Topliss-reactive ketones (excluding diaryl/α,β-unsaturated/α-hetero) is 1. The zero-order chi connectivity index (χ0) is 30.5. The number of piperidine rings is 1. The van der Waals surface area contributed by atoms with Crippen molar-refractivity contribution in [3.05, 3.63) is 77.7 Å². The topological polar surface area (TPSA) is 147 Å². The van der Waals surface area contributed by atoms with Crippen LogP contribution in [0.15, 0.2) is 60.9 Å². The molecule has 1 aliphatic rings. The lowest BCUT2D eigenvalue weighted by atomic mass is 9.94. The van der Waals surface area contributed by atoms with E-state index in [0.29, 0.717) is 59.2 Å². The molecule has 3 heterocycles. The number of hydrogen-bond donors (Lipinski definition) is 2. The van der Waals surface area contributed by atoms with E-state index < -0.39 is 23.5 Å². The van der Waals surface area contributed by atoms with Crippen LogP contribution in [-0.4, -0.2) is 52.7 Å². The summed E-state index contributed by atoms with van der Waals surface area (Å²) in [5.74, 6) is -2.08. The number of nitrogens with one attached hydrogen (secondary N) is 2. The van der Waals surface area contributed by atoms with E-state index in [2.05, 4.69) is 26.7 Å². The zero-order valence-corrected chi connectivity index (χ0v) is 24.0. The largest absolute Gasteiger partial charge is 0.492 e. The summed E-state index contributed by atoms with van der Waals surface area (Å²) in [6.07, 6.45) is 3.41. The van der Waals surface area contributed by atoms with Crippen molar-refractivity contribution in [3.63, 3.8) is 0 Å². The second kappa shape index (κ2) is 12.6. The predicted molar refractivity (Wildman–Crippen MR) is 160 cm³/mol. The molecule has 0 spiro atoms. The highest BCUT2D eigenvalue weighted by Gasteiger charge is 2.38. The number of carbonyl (C=O) groups is 3. The minimum atomic E-state index is -1.10. The minimum absolute atomic E-state index is 0.221. The number of fused-ring (bicyclic) bond motifs is 1. The maximum Gasteiger partial charge on any atom is 0.290 e. The van der Waals surface area contributed by atoms with Crippen LogP contribution in [0.1, 0.15) is 30.2 Å². The van der Waals surface area contributed by atoms with Crippen molar-refractivity contribution < 1.29 is 23.9 Å². The summed E-state index contributed by atoms with van der Waals surface area (Å²) in [6, 6.07) is 16.7. The highest BCUT2D eigenvalue weighted by Crippen LogP contribution is 2.37. The summed E-state index contributed by atoms with van der Waals surface area (Å²) < 4.78 is 11.7. The van der Waals surface area contributed by atoms with Gasteiger partial charge in [0.2, 0.25) is 11.7 Å². The molecule has 2 aromatic heterocycles. The van der Waals surface area contributed by atoms with E-state index in [-0.39, 0.29) is 12.0 Å². The molecule has 2 N–H and O–H groups in total. The molecule has 218 valence electrons. The van der Waals surface area contributed by atoms with Gasteiger partial charge in [0.25, 0.3) is 5.91 Å². The van der Waals surface area contributed by atoms with Gasteiger partial charge in [-0.2, -0.15) is 5.26 Å². The Kier molecular flexibility index (Phi) is 8.48. The summed E-state index contributed by atoms with van der Waals surface area (Å²) in [6.45, 7) is 4.67. The number of hydrogen-bond acceptors (Lipinski definition) is 9. The Morgan fingerprint density at radius 3 is 2.67 bits per heavy atom. The third-order valence-electron chi connectivity index (χ3n) is 7.14. The number of rotatable bonds is 9. The summed E-state index contributed by atoms with van der Waals surface area (Å²) >= 11 is 0. The van der Waals surface area contributed by atoms with Crippen molar-refractivity contribution in [2.45, 2.75) is 26.9 Å². The molecular formula is C32H30N6O5. The summed E-state index contributed by atoms with van der Waals surface area (Å²) in [4.78, 5) is 47.9. The van der Waals surface area contributed by atoms with Gasteiger partial charge in [-0.05, 0) is 62.2 Å². The second-order valence-corrected chi connectivity index (χ2v) is 10.1. The molecule has 11 heteroatoms. The van der Waals surface area contributed by atoms with Gasteiger partial charge >= 0.3 is 0 Å². The van der Waals surface area contributed by atoms with Gasteiger partial charge in [-0.1, -0.05) is 6.07 Å². The number of carbonyl (C=O) groups excluding carboxylic acids is 3.